The molecule has 1 amide bonds. The number of likely N-dealkylation sites (N-methyl/N-ethyl adjacent to an activating group) is 1. The zero-order valence-electron chi connectivity index (χ0n) is 10.3. The van der Waals surface area contributed by atoms with Gasteiger partial charge in [-0.1, -0.05) is 60.7 Å². The van der Waals surface area contributed by atoms with Gasteiger partial charge in [0.2, 0.25) is 5.91 Å². The normalized spacial score (nSPS) is 22.7. The van der Waals surface area contributed by atoms with E-state index in [4.69, 9.17) is 0 Å². The van der Waals surface area contributed by atoms with Gasteiger partial charge in [-0.3, -0.25) is 4.79 Å². The molecule has 18 heavy (non-hydrogen) atoms. The molecule has 0 aromatic heterocycles. The number of carbonyl (C=O) groups excluding carboxylic acids is 1. The number of nitrogens with zero attached hydrogens (tertiary/aromatic N) is 1. The first-order valence-electron chi connectivity index (χ1n) is 6.15. The van der Waals surface area contributed by atoms with E-state index in [-0.39, 0.29) is 17.9 Å². The van der Waals surface area contributed by atoms with E-state index in [1.807, 2.05) is 60.5 Å². The second kappa shape index (κ2) is 4.30. The van der Waals surface area contributed by atoms with Crippen LogP contribution >= 0.6 is 0 Å². The SMILES string of the molecule is CN1C(=O)C(c2ccccc2)C1c1ccccc1. The molecule has 0 spiro atoms. The van der Waals surface area contributed by atoms with Crippen molar-refractivity contribution in [2.45, 2.75) is 12.0 Å². The Morgan fingerprint density at radius 1 is 0.833 bits per heavy atom. The van der Waals surface area contributed by atoms with Crippen LogP contribution in [0.5, 0.6) is 0 Å². The van der Waals surface area contributed by atoms with E-state index in [2.05, 4.69) is 12.1 Å². The maximum Gasteiger partial charge on any atom is 0.232 e. The molecule has 2 nitrogen and oxygen atoms in total. The maximum absolute atomic E-state index is 12.1. The molecule has 1 saturated heterocycles. The number of β-lactam (4-membered cyclic amide) rings is 1. The predicted molar refractivity (Wildman–Crippen MR) is 71.1 cm³/mol. The molecule has 0 bridgehead atoms. The van der Waals surface area contributed by atoms with E-state index in [0.717, 1.165) is 5.56 Å². The Labute approximate surface area is 107 Å². The van der Waals surface area contributed by atoms with Gasteiger partial charge in [0, 0.05) is 7.05 Å². The van der Waals surface area contributed by atoms with Crippen molar-refractivity contribution in [3.63, 3.8) is 0 Å². The summed E-state index contributed by atoms with van der Waals surface area (Å²) in [4.78, 5) is 13.9. The molecule has 1 fully saturated rings. The third-order valence-electron chi connectivity index (χ3n) is 3.65. The Morgan fingerprint density at radius 2 is 1.33 bits per heavy atom. The summed E-state index contributed by atoms with van der Waals surface area (Å²) in [7, 11) is 1.87. The van der Waals surface area contributed by atoms with Crippen molar-refractivity contribution in [2.24, 2.45) is 0 Å². The summed E-state index contributed by atoms with van der Waals surface area (Å²) < 4.78 is 0. The van der Waals surface area contributed by atoms with Crippen LogP contribution in [0.25, 0.3) is 0 Å². The molecule has 2 heteroatoms. The number of rotatable bonds is 2. The summed E-state index contributed by atoms with van der Waals surface area (Å²) in [5.74, 6) is 0.175. The molecule has 0 aliphatic carbocycles. The second-order valence-electron chi connectivity index (χ2n) is 4.69. The molecular weight excluding hydrogens is 222 g/mol. The number of amides is 1. The van der Waals surface area contributed by atoms with Gasteiger partial charge in [0.1, 0.15) is 0 Å². The molecule has 3 rings (SSSR count). The summed E-state index contributed by atoms with van der Waals surface area (Å²) >= 11 is 0. The van der Waals surface area contributed by atoms with Gasteiger partial charge in [-0.2, -0.15) is 0 Å². The quantitative estimate of drug-likeness (QED) is 0.735. The third-order valence-corrected chi connectivity index (χ3v) is 3.65. The number of likely N-dealkylation sites (tertiary alicyclic amines) is 1. The van der Waals surface area contributed by atoms with Crippen LogP contribution in [0, 0.1) is 0 Å². The highest BCUT2D eigenvalue weighted by molar-refractivity contribution is 5.91. The van der Waals surface area contributed by atoms with Crippen molar-refractivity contribution >= 4 is 5.91 Å². The lowest BCUT2D eigenvalue weighted by Gasteiger charge is -2.45. The molecule has 2 unspecified atom stereocenters. The van der Waals surface area contributed by atoms with Gasteiger partial charge in [0.05, 0.1) is 12.0 Å². The summed E-state index contributed by atoms with van der Waals surface area (Å²) in [6.07, 6.45) is 0. The van der Waals surface area contributed by atoms with E-state index in [1.54, 1.807) is 0 Å². The molecule has 90 valence electrons. The van der Waals surface area contributed by atoms with E-state index >= 15 is 0 Å². The van der Waals surface area contributed by atoms with Crippen LogP contribution in [-0.4, -0.2) is 17.9 Å². The lowest BCUT2D eigenvalue weighted by Crippen LogP contribution is -2.50. The fraction of sp³-hybridized carbons (Fsp3) is 0.188. The average molecular weight is 237 g/mol. The molecule has 0 saturated carbocycles. The Balaban J connectivity index is 1.97. The monoisotopic (exact) mass is 237 g/mol. The van der Waals surface area contributed by atoms with Gasteiger partial charge in [-0.15, -0.1) is 0 Å². The molecular formula is C16H15NO. The number of benzene rings is 2. The van der Waals surface area contributed by atoms with Crippen LogP contribution in [-0.2, 0) is 4.79 Å². The summed E-state index contributed by atoms with van der Waals surface area (Å²) in [6, 6.07) is 20.4. The summed E-state index contributed by atoms with van der Waals surface area (Å²) in [5, 5.41) is 0. The molecule has 0 radical (unpaired) electrons. The van der Waals surface area contributed by atoms with Crippen molar-refractivity contribution < 1.29 is 4.79 Å². The molecule has 1 aliphatic rings. The summed E-state index contributed by atoms with van der Waals surface area (Å²) in [5.41, 5.74) is 2.31. The van der Waals surface area contributed by atoms with Crippen molar-refractivity contribution in [1.82, 2.24) is 4.90 Å². The smallest absolute Gasteiger partial charge is 0.232 e. The van der Waals surface area contributed by atoms with Gasteiger partial charge in [0.25, 0.3) is 0 Å². The third kappa shape index (κ3) is 1.61. The number of hydrogen-bond donors (Lipinski definition) is 0. The first-order valence-corrected chi connectivity index (χ1v) is 6.15. The zero-order chi connectivity index (χ0) is 12.5. The molecule has 1 aliphatic heterocycles. The topological polar surface area (TPSA) is 20.3 Å². The van der Waals surface area contributed by atoms with Crippen molar-refractivity contribution in [3.05, 3.63) is 71.8 Å². The van der Waals surface area contributed by atoms with Crippen molar-refractivity contribution in [3.8, 4) is 0 Å². The van der Waals surface area contributed by atoms with Crippen LogP contribution in [0.2, 0.25) is 0 Å². The molecule has 0 N–H and O–H groups in total. The lowest BCUT2D eigenvalue weighted by atomic mass is 9.78. The highest BCUT2D eigenvalue weighted by atomic mass is 16.2. The Kier molecular flexibility index (Phi) is 2.63. The Morgan fingerprint density at radius 3 is 1.89 bits per heavy atom. The minimum absolute atomic E-state index is 0.0291. The first kappa shape index (κ1) is 11.0. The minimum Gasteiger partial charge on any atom is -0.337 e. The standard InChI is InChI=1S/C16H15NO/c1-17-15(13-10-6-3-7-11-13)14(16(17)18)12-8-4-2-5-9-12/h2-11,14-15H,1H3. The van der Waals surface area contributed by atoms with Crippen molar-refractivity contribution in [2.75, 3.05) is 7.05 Å². The van der Waals surface area contributed by atoms with Gasteiger partial charge >= 0.3 is 0 Å². The highest BCUT2D eigenvalue weighted by Gasteiger charge is 2.46. The van der Waals surface area contributed by atoms with Crippen LogP contribution in [0.1, 0.15) is 23.1 Å². The van der Waals surface area contributed by atoms with Crippen LogP contribution in [0.15, 0.2) is 60.7 Å². The number of hydrogen-bond acceptors (Lipinski definition) is 1. The van der Waals surface area contributed by atoms with E-state index in [0.29, 0.717) is 0 Å². The van der Waals surface area contributed by atoms with Crippen LogP contribution in [0.4, 0.5) is 0 Å². The van der Waals surface area contributed by atoms with Gasteiger partial charge in [-0.05, 0) is 11.1 Å². The van der Waals surface area contributed by atoms with E-state index in [9.17, 15) is 4.79 Å². The predicted octanol–water partition coefficient (Wildman–Crippen LogP) is 2.98. The molecule has 2 atom stereocenters. The minimum atomic E-state index is -0.0291. The molecule has 2 aromatic carbocycles. The van der Waals surface area contributed by atoms with Crippen LogP contribution in [0.3, 0.4) is 0 Å². The van der Waals surface area contributed by atoms with Gasteiger partial charge in [0.15, 0.2) is 0 Å². The number of carbonyl (C=O) groups is 1. The largest absolute Gasteiger partial charge is 0.337 e. The fourth-order valence-corrected chi connectivity index (χ4v) is 2.68. The molecule has 2 aromatic rings. The van der Waals surface area contributed by atoms with E-state index in [1.165, 1.54) is 5.56 Å². The second-order valence-corrected chi connectivity index (χ2v) is 4.69. The van der Waals surface area contributed by atoms with Crippen LogP contribution < -0.4 is 0 Å². The fourth-order valence-electron chi connectivity index (χ4n) is 2.68. The summed E-state index contributed by atoms with van der Waals surface area (Å²) in [6.45, 7) is 0. The zero-order valence-corrected chi connectivity index (χ0v) is 10.3. The highest BCUT2D eigenvalue weighted by Crippen LogP contribution is 2.44. The first-order chi connectivity index (χ1) is 8.79. The lowest BCUT2D eigenvalue weighted by molar-refractivity contribution is -0.147. The molecule has 1 heterocycles. The van der Waals surface area contributed by atoms with Gasteiger partial charge in [-0.25, -0.2) is 0 Å². The Bertz CT molecular complexity index is 550. The maximum atomic E-state index is 12.1. The van der Waals surface area contributed by atoms with Crippen molar-refractivity contribution in [1.29, 1.82) is 0 Å². The Hall–Kier alpha value is -2.09. The average Bonchev–Trinajstić information content (AvgIpc) is 2.45. The van der Waals surface area contributed by atoms with Gasteiger partial charge < -0.3 is 4.90 Å². The van der Waals surface area contributed by atoms with E-state index < -0.39 is 0 Å².